The summed E-state index contributed by atoms with van der Waals surface area (Å²) < 4.78 is 5.26. The number of aliphatic carboxylic acids is 1. The summed E-state index contributed by atoms with van der Waals surface area (Å²) in [7, 11) is 0. The fourth-order valence-corrected chi connectivity index (χ4v) is 1.81. The summed E-state index contributed by atoms with van der Waals surface area (Å²) in [6, 6.07) is 1.61. The van der Waals surface area contributed by atoms with Crippen molar-refractivity contribution in [2.75, 3.05) is 13.1 Å². The van der Waals surface area contributed by atoms with Crippen molar-refractivity contribution < 1.29 is 19.1 Å². The lowest BCUT2D eigenvalue weighted by atomic mass is 10.1. The summed E-state index contributed by atoms with van der Waals surface area (Å²) in [4.78, 5) is 24.3. The second kappa shape index (κ2) is 6.83. The zero-order chi connectivity index (χ0) is 13.5. The van der Waals surface area contributed by atoms with Crippen LogP contribution < -0.4 is 0 Å². The SMILES string of the molecule is CCCc1occc1C(=O)N(CCC)CC(=O)O. The number of carbonyl (C=O) groups is 2. The van der Waals surface area contributed by atoms with E-state index in [1.165, 1.54) is 11.2 Å². The number of hydrogen-bond donors (Lipinski definition) is 1. The Morgan fingerprint density at radius 1 is 1.33 bits per heavy atom. The molecule has 5 nitrogen and oxygen atoms in total. The highest BCUT2D eigenvalue weighted by Crippen LogP contribution is 2.15. The molecular formula is C13H19NO4. The monoisotopic (exact) mass is 253 g/mol. The van der Waals surface area contributed by atoms with Gasteiger partial charge in [-0.15, -0.1) is 0 Å². The minimum absolute atomic E-state index is 0.267. The second-order valence-electron chi connectivity index (χ2n) is 4.13. The van der Waals surface area contributed by atoms with E-state index in [9.17, 15) is 9.59 Å². The Balaban J connectivity index is 2.86. The highest BCUT2D eigenvalue weighted by Gasteiger charge is 2.21. The first-order valence-corrected chi connectivity index (χ1v) is 6.17. The smallest absolute Gasteiger partial charge is 0.323 e. The zero-order valence-electron chi connectivity index (χ0n) is 10.8. The van der Waals surface area contributed by atoms with E-state index in [4.69, 9.17) is 9.52 Å². The van der Waals surface area contributed by atoms with Gasteiger partial charge in [-0.2, -0.15) is 0 Å². The lowest BCUT2D eigenvalue weighted by molar-refractivity contribution is -0.137. The minimum atomic E-state index is -1.00. The van der Waals surface area contributed by atoms with Crippen LogP contribution >= 0.6 is 0 Å². The normalized spacial score (nSPS) is 10.3. The second-order valence-corrected chi connectivity index (χ2v) is 4.13. The lowest BCUT2D eigenvalue weighted by Gasteiger charge is -2.19. The van der Waals surface area contributed by atoms with E-state index >= 15 is 0 Å². The summed E-state index contributed by atoms with van der Waals surface area (Å²) in [5, 5.41) is 8.81. The van der Waals surface area contributed by atoms with Gasteiger partial charge in [0.1, 0.15) is 12.3 Å². The van der Waals surface area contributed by atoms with Crippen molar-refractivity contribution in [3.63, 3.8) is 0 Å². The molecular weight excluding hydrogens is 234 g/mol. The number of furan rings is 1. The molecule has 1 N–H and O–H groups in total. The maximum atomic E-state index is 12.2. The van der Waals surface area contributed by atoms with Crippen molar-refractivity contribution in [1.82, 2.24) is 4.90 Å². The molecule has 1 aromatic heterocycles. The Kier molecular flexibility index (Phi) is 5.42. The quantitative estimate of drug-likeness (QED) is 0.808. The van der Waals surface area contributed by atoms with Gasteiger partial charge in [-0.25, -0.2) is 0 Å². The number of nitrogens with zero attached hydrogens (tertiary/aromatic N) is 1. The van der Waals surface area contributed by atoms with Gasteiger partial charge in [-0.3, -0.25) is 9.59 Å². The molecule has 1 amide bonds. The van der Waals surface area contributed by atoms with Gasteiger partial charge in [0.25, 0.3) is 5.91 Å². The molecule has 0 aliphatic rings. The van der Waals surface area contributed by atoms with Crippen molar-refractivity contribution in [2.45, 2.75) is 33.1 Å². The molecule has 0 bridgehead atoms. The summed E-state index contributed by atoms with van der Waals surface area (Å²) >= 11 is 0. The van der Waals surface area contributed by atoms with Gasteiger partial charge in [0.15, 0.2) is 0 Å². The molecule has 100 valence electrons. The van der Waals surface area contributed by atoms with Crippen LogP contribution in [0.25, 0.3) is 0 Å². The van der Waals surface area contributed by atoms with E-state index in [0.717, 1.165) is 12.8 Å². The predicted molar refractivity (Wildman–Crippen MR) is 66.5 cm³/mol. The van der Waals surface area contributed by atoms with Crippen molar-refractivity contribution in [2.24, 2.45) is 0 Å². The Hall–Kier alpha value is -1.78. The topological polar surface area (TPSA) is 70.8 Å². The third-order valence-corrected chi connectivity index (χ3v) is 2.56. The zero-order valence-corrected chi connectivity index (χ0v) is 10.8. The Labute approximate surface area is 106 Å². The number of carbonyl (C=O) groups excluding carboxylic acids is 1. The van der Waals surface area contributed by atoms with Gasteiger partial charge in [0, 0.05) is 13.0 Å². The molecule has 0 aromatic carbocycles. The first-order chi connectivity index (χ1) is 8.60. The number of carboxylic acid groups (broad SMARTS) is 1. The molecule has 0 saturated heterocycles. The van der Waals surface area contributed by atoms with Gasteiger partial charge in [-0.1, -0.05) is 13.8 Å². The highest BCUT2D eigenvalue weighted by molar-refractivity contribution is 5.96. The molecule has 0 spiro atoms. The van der Waals surface area contributed by atoms with E-state index in [0.29, 0.717) is 24.3 Å². The molecule has 1 rings (SSSR count). The van der Waals surface area contributed by atoms with Gasteiger partial charge < -0.3 is 14.4 Å². The fourth-order valence-electron chi connectivity index (χ4n) is 1.81. The van der Waals surface area contributed by atoms with Crippen molar-refractivity contribution in [1.29, 1.82) is 0 Å². The van der Waals surface area contributed by atoms with Crippen molar-refractivity contribution >= 4 is 11.9 Å². The van der Waals surface area contributed by atoms with Gasteiger partial charge in [-0.05, 0) is 18.9 Å². The highest BCUT2D eigenvalue weighted by atomic mass is 16.4. The fraction of sp³-hybridized carbons (Fsp3) is 0.538. The van der Waals surface area contributed by atoms with Crippen LogP contribution in [0.1, 0.15) is 42.8 Å². The molecule has 0 unspecified atom stereocenters. The molecule has 0 aliphatic heterocycles. The van der Waals surface area contributed by atoms with Crippen molar-refractivity contribution in [3.8, 4) is 0 Å². The van der Waals surface area contributed by atoms with Gasteiger partial charge >= 0.3 is 5.97 Å². The van der Waals surface area contributed by atoms with Crippen LogP contribution in [0.5, 0.6) is 0 Å². The Morgan fingerprint density at radius 3 is 2.61 bits per heavy atom. The predicted octanol–water partition coefficient (Wildman–Crippen LogP) is 2.17. The first-order valence-electron chi connectivity index (χ1n) is 6.17. The molecule has 0 radical (unpaired) electrons. The van der Waals surface area contributed by atoms with Crippen LogP contribution in [-0.2, 0) is 11.2 Å². The maximum Gasteiger partial charge on any atom is 0.323 e. The van der Waals surface area contributed by atoms with E-state index in [1.54, 1.807) is 6.07 Å². The Bertz CT molecular complexity index is 411. The standard InChI is InChI=1S/C13H19NO4/c1-3-5-11-10(6-8-18-11)13(17)14(7-4-2)9-12(15)16/h6,8H,3-5,7,9H2,1-2H3,(H,15,16). The van der Waals surface area contributed by atoms with Crippen LogP contribution in [0.3, 0.4) is 0 Å². The van der Waals surface area contributed by atoms with E-state index in [1.807, 2.05) is 13.8 Å². The number of rotatable bonds is 7. The van der Waals surface area contributed by atoms with E-state index in [2.05, 4.69) is 0 Å². The largest absolute Gasteiger partial charge is 0.480 e. The molecule has 0 saturated carbocycles. The minimum Gasteiger partial charge on any atom is -0.480 e. The molecule has 0 aliphatic carbocycles. The average molecular weight is 253 g/mol. The molecule has 5 heteroatoms. The van der Waals surface area contributed by atoms with Crippen LogP contribution in [0.2, 0.25) is 0 Å². The molecule has 0 fully saturated rings. The summed E-state index contributed by atoms with van der Waals surface area (Å²) in [5.74, 6) is -0.636. The van der Waals surface area contributed by atoms with Crippen molar-refractivity contribution in [3.05, 3.63) is 23.7 Å². The lowest BCUT2D eigenvalue weighted by Crippen LogP contribution is -2.36. The molecule has 18 heavy (non-hydrogen) atoms. The first kappa shape index (κ1) is 14.3. The Morgan fingerprint density at radius 2 is 2.06 bits per heavy atom. The van der Waals surface area contributed by atoms with Gasteiger partial charge in [0.05, 0.1) is 11.8 Å². The van der Waals surface area contributed by atoms with Crippen LogP contribution in [-0.4, -0.2) is 35.0 Å². The third kappa shape index (κ3) is 3.61. The molecule has 1 heterocycles. The number of carboxylic acids is 1. The maximum absolute atomic E-state index is 12.2. The summed E-state index contributed by atoms with van der Waals surface area (Å²) in [6.07, 6.45) is 3.75. The number of hydrogen-bond acceptors (Lipinski definition) is 3. The van der Waals surface area contributed by atoms with E-state index < -0.39 is 5.97 Å². The van der Waals surface area contributed by atoms with Crippen LogP contribution in [0, 0.1) is 0 Å². The van der Waals surface area contributed by atoms with Crippen LogP contribution in [0.4, 0.5) is 0 Å². The van der Waals surface area contributed by atoms with Crippen LogP contribution in [0.15, 0.2) is 16.7 Å². The van der Waals surface area contributed by atoms with Gasteiger partial charge in [0.2, 0.25) is 0 Å². The van der Waals surface area contributed by atoms with E-state index in [-0.39, 0.29) is 12.5 Å². The average Bonchev–Trinajstić information content (AvgIpc) is 2.76. The third-order valence-electron chi connectivity index (χ3n) is 2.56. The number of aryl methyl sites for hydroxylation is 1. The molecule has 1 aromatic rings. The molecule has 0 atom stereocenters. The number of amides is 1. The summed E-state index contributed by atoms with van der Waals surface area (Å²) in [5.41, 5.74) is 0.478. The summed E-state index contributed by atoms with van der Waals surface area (Å²) in [6.45, 7) is 4.06.